The zero-order valence-electron chi connectivity index (χ0n) is 9.89. The van der Waals surface area contributed by atoms with E-state index in [1.54, 1.807) is 5.38 Å². The lowest BCUT2D eigenvalue weighted by molar-refractivity contribution is 0.103. The molecule has 0 bridgehead atoms. The van der Waals surface area contributed by atoms with Gasteiger partial charge in [-0.2, -0.15) is 0 Å². The Bertz CT molecular complexity index is 779. The second-order valence-electron chi connectivity index (χ2n) is 4.21. The Morgan fingerprint density at radius 3 is 2.74 bits per heavy atom. The van der Waals surface area contributed by atoms with Gasteiger partial charge in [0.2, 0.25) is 0 Å². The number of nitrogen functional groups attached to an aromatic ring is 1. The van der Waals surface area contributed by atoms with Crippen molar-refractivity contribution in [3.8, 4) is 0 Å². The monoisotopic (exact) mass is 271 g/mol. The second kappa shape index (κ2) is 4.48. The molecule has 0 aliphatic carbocycles. The summed E-state index contributed by atoms with van der Waals surface area (Å²) < 4.78 is 14.7. The van der Waals surface area contributed by atoms with Gasteiger partial charge < -0.3 is 5.73 Å². The molecular weight excluding hydrogens is 261 g/mol. The molecular formula is C15H10FNOS. The van der Waals surface area contributed by atoms with Gasteiger partial charge in [0.1, 0.15) is 5.82 Å². The second-order valence-corrected chi connectivity index (χ2v) is 5.13. The van der Waals surface area contributed by atoms with E-state index in [-0.39, 0.29) is 11.3 Å². The van der Waals surface area contributed by atoms with Crippen LogP contribution in [0.5, 0.6) is 0 Å². The van der Waals surface area contributed by atoms with Crippen molar-refractivity contribution in [3.05, 3.63) is 64.8 Å². The molecule has 0 spiro atoms. The lowest BCUT2D eigenvalue weighted by atomic mass is 10.0. The maximum atomic E-state index is 13.7. The molecule has 0 aliphatic heterocycles. The van der Waals surface area contributed by atoms with E-state index >= 15 is 0 Å². The van der Waals surface area contributed by atoms with Crippen molar-refractivity contribution in [1.29, 1.82) is 0 Å². The van der Waals surface area contributed by atoms with Crippen LogP contribution in [-0.4, -0.2) is 5.78 Å². The van der Waals surface area contributed by atoms with Gasteiger partial charge in [0.05, 0.1) is 5.56 Å². The first-order valence-corrected chi connectivity index (χ1v) is 6.61. The fraction of sp³-hybridized carbons (Fsp3) is 0. The number of benzene rings is 2. The highest BCUT2D eigenvalue weighted by Gasteiger charge is 2.17. The third-order valence-electron chi connectivity index (χ3n) is 2.96. The van der Waals surface area contributed by atoms with Crippen LogP contribution in [0.3, 0.4) is 0 Å². The van der Waals surface area contributed by atoms with Crippen LogP contribution < -0.4 is 5.73 Å². The lowest BCUT2D eigenvalue weighted by Crippen LogP contribution is -2.04. The number of anilines is 1. The summed E-state index contributed by atoms with van der Waals surface area (Å²) in [5.74, 6) is -0.878. The molecule has 2 aromatic carbocycles. The fourth-order valence-electron chi connectivity index (χ4n) is 2.02. The van der Waals surface area contributed by atoms with Crippen LogP contribution in [0.15, 0.2) is 47.8 Å². The van der Waals surface area contributed by atoms with Crippen molar-refractivity contribution < 1.29 is 9.18 Å². The summed E-state index contributed by atoms with van der Waals surface area (Å²) >= 11 is 1.47. The molecule has 0 fully saturated rings. The summed E-state index contributed by atoms with van der Waals surface area (Å²) in [6.45, 7) is 0. The van der Waals surface area contributed by atoms with Crippen LogP contribution in [0.4, 0.5) is 10.1 Å². The average molecular weight is 271 g/mol. The summed E-state index contributed by atoms with van der Waals surface area (Å²) in [6.07, 6.45) is 0. The van der Waals surface area contributed by atoms with Gasteiger partial charge in [-0.25, -0.2) is 4.39 Å². The molecule has 3 aromatic rings. The Morgan fingerprint density at radius 2 is 1.89 bits per heavy atom. The number of halogens is 1. The van der Waals surface area contributed by atoms with Crippen LogP contribution in [0.25, 0.3) is 10.1 Å². The molecule has 2 nitrogen and oxygen atoms in total. The van der Waals surface area contributed by atoms with Crippen molar-refractivity contribution >= 4 is 32.9 Å². The molecule has 1 aromatic heterocycles. The predicted molar refractivity (Wildman–Crippen MR) is 76.1 cm³/mol. The lowest BCUT2D eigenvalue weighted by Gasteiger charge is -2.03. The van der Waals surface area contributed by atoms with E-state index in [2.05, 4.69) is 0 Å². The Hall–Kier alpha value is -2.20. The third kappa shape index (κ3) is 2.00. The molecule has 0 aliphatic rings. The van der Waals surface area contributed by atoms with Crippen LogP contribution in [0, 0.1) is 5.82 Å². The number of ketones is 1. The van der Waals surface area contributed by atoms with Gasteiger partial charge in [0.15, 0.2) is 5.78 Å². The summed E-state index contributed by atoms with van der Waals surface area (Å²) in [6, 6.07) is 11.6. The number of thiophene rings is 1. The van der Waals surface area contributed by atoms with E-state index in [0.29, 0.717) is 11.3 Å². The van der Waals surface area contributed by atoms with Gasteiger partial charge in [-0.1, -0.05) is 18.2 Å². The SMILES string of the molecule is Nc1ccc(F)c(C(=O)c2csc3ccccc23)c1. The summed E-state index contributed by atoms with van der Waals surface area (Å²) in [5.41, 5.74) is 6.53. The normalized spacial score (nSPS) is 10.8. The highest BCUT2D eigenvalue weighted by molar-refractivity contribution is 7.17. The van der Waals surface area contributed by atoms with Gasteiger partial charge in [0.25, 0.3) is 0 Å². The molecule has 0 saturated carbocycles. The quantitative estimate of drug-likeness (QED) is 0.568. The average Bonchev–Trinajstić information content (AvgIpc) is 2.84. The van der Waals surface area contributed by atoms with Gasteiger partial charge in [-0.05, 0) is 24.3 Å². The predicted octanol–water partition coefficient (Wildman–Crippen LogP) is 3.85. The van der Waals surface area contributed by atoms with E-state index in [0.717, 1.165) is 10.1 Å². The minimum absolute atomic E-state index is 0.0172. The molecule has 0 unspecified atom stereocenters. The summed E-state index contributed by atoms with van der Waals surface area (Å²) in [4.78, 5) is 12.4. The van der Waals surface area contributed by atoms with E-state index in [9.17, 15) is 9.18 Å². The Morgan fingerprint density at radius 1 is 1.11 bits per heavy atom. The minimum atomic E-state index is -0.547. The van der Waals surface area contributed by atoms with Crippen molar-refractivity contribution in [3.63, 3.8) is 0 Å². The largest absolute Gasteiger partial charge is 0.399 e. The highest BCUT2D eigenvalue weighted by Crippen LogP contribution is 2.28. The van der Waals surface area contributed by atoms with Crippen LogP contribution in [0.1, 0.15) is 15.9 Å². The van der Waals surface area contributed by atoms with Crippen molar-refractivity contribution in [2.75, 3.05) is 5.73 Å². The van der Waals surface area contributed by atoms with Gasteiger partial charge >= 0.3 is 0 Å². The van der Waals surface area contributed by atoms with Crippen LogP contribution >= 0.6 is 11.3 Å². The maximum absolute atomic E-state index is 13.7. The van der Waals surface area contributed by atoms with Gasteiger partial charge in [-0.15, -0.1) is 11.3 Å². The van der Waals surface area contributed by atoms with Crippen molar-refractivity contribution in [2.45, 2.75) is 0 Å². The molecule has 0 saturated heterocycles. The molecule has 3 rings (SSSR count). The molecule has 0 radical (unpaired) electrons. The third-order valence-corrected chi connectivity index (χ3v) is 3.92. The summed E-state index contributed by atoms with van der Waals surface area (Å²) in [5, 5.41) is 2.61. The molecule has 94 valence electrons. The first-order chi connectivity index (χ1) is 9.16. The van der Waals surface area contributed by atoms with Crippen molar-refractivity contribution in [2.24, 2.45) is 0 Å². The van der Waals surface area contributed by atoms with Crippen LogP contribution in [-0.2, 0) is 0 Å². The standard InChI is InChI=1S/C15H10FNOS/c16-13-6-5-9(17)7-11(13)15(18)12-8-19-14-4-2-1-3-10(12)14/h1-8H,17H2. The first kappa shape index (κ1) is 11.9. The topological polar surface area (TPSA) is 43.1 Å². The number of carbonyl (C=O) groups excluding carboxylic acids is 1. The smallest absolute Gasteiger partial charge is 0.197 e. The number of hydrogen-bond acceptors (Lipinski definition) is 3. The fourth-order valence-corrected chi connectivity index (χ4v) is 2.96. The van der Waals surface area contributed by atoms with Crippen molar-refractivity contribution in [1.82, 2.24) is 0 Å². The number of nitrogens with two attached hydrogens (primary N) is 1. The molecule has 0 amide bonds. The molecule has 19 heavy (non-hydrogen) atoms. The zero-order chi connectivity index (χ0) is 13.4. The molecule has 0 atom stereocenters. The highest BCUT2D eigenvalue weighted by atomic mass is 32.1. The Kier molecular flexibility index (Phi) is 2.80. The number of carbonyl (C=O) groups is 1. The zero-order valence-corrected chi connectivity index (χ0v) is 10.7. The molecule has 2 N–H and O–H groups in total. The van der Waals surface area contributed by atoms with Gasteiger partial charge in [-0.3, -0.25) is 4.79 Å². The summed E-state index contributed by atoms with van der Waals surface area (Å²) in [7, 11) is 0. The Balaban J connectivity index is 2.16. The van der Waals surface area contributed by atoms with E-state index in [4.69, 9.17) is 5.73 Å². The van der Waals surface area contributed by atoms with Crippen LogP contribution in [0.2, 0.25) is 0 Å². The first-order valence-electron chi connectivity index (χ1n) is 5.73. The molecule has 4 heteroatoms. The minimum Gasteiger partial charge on any atom is -0.399 e. The van der Waals surface area contributed by atoms with E-state index < -0.39 is 5.82 Å². The number of hydrogen-bond donors (Lipinski definition) is 1. The van der Waals surface area contributed by atoms with E-state index in [1.165, 1.54) is 29.5 Å². The molecule has 1 heterocycles. The number of rotatable bonds is 2. The van der Waals surface area contributed by atoms with Gasteiger partial charge in [0, 0.05) is 26.7 Å². The van der Waals surface area contributed by atoms with E-state index in [1.807, 2.05) is 24.3 Å². The Labute approximate surface area is 113 Å². The maximum Gasteiger partial charge on any atom is 0.197 e. The number of fused-ring (bicyclic) bond motifs is 1.